The predicted octanol–water partition coefficient (Wildman–Crippen LogP) is 0.790. The molecule has 0 bridgehead atoms. The van der Waals surface area contributed by atoms with Crippen molar-refractivity contribution in [3.05, 3.63) is 34.9 Å². The summed E-state index contributed by atoms with van der Waals surface area (Å²) in [6.45, 7) is 0.225. The average molecular weight is 290 g/mol. The summed E-state index contributed by atoms with van der Waals surface area (Å²) < 4.78 is 11.2. The number of hydrogen-bond acceptors (Lipinski definition) is 3. The van der Waals surface area contributed by atoms with Crippen LogP contribution in [0.3, 0.4) is 0 Å². The number of nitrogens with one attached hydrogen (secondary N) is 1. The van der Waals surface area contributed by atoms with Gasteiger partial charge in [-0.05, 0) is 11.6 Å². The molecule has 0 saturated carbocycles. The second-order valence-electron chi connectivity index (χ2n) is 3.49. The summed E-state index contributed by atoms with van der Waals surface area (Å²) in [6, 6.07) is 7.02. The number of carboxylic acids is 1. The number of carbonyl (C=O) groups is 2. The second-order valence-corrected chi connectivity index (χ2v) is 5.35. The fourth-order valence-electron chi connectivity index (χ4n) is 1.22. The molecule has 1 atom stereocenters. The van der Waals surface area contributed by atoms with Crippen LogP contribution in [0, 0.1) is 0 Å². The Labute approximate surface area is 112 Å². The van der Waals surface area contributed by atoms with Crippen molar-refractivity contribution < 1.29 is 18.9 Å². The SMILES string of the molecule is O=C(O)C[S@](=O)CC(=O)NCc1ccccc1Cl. The molecular weight excluding hydrogens is 278 g/mol. The quantitative estimate of drug-likeness (QED) is 0.811. The van der Waals surface area contributed by atoms with Gasteiger partial charge in [0.1, 0.15) is 11.5 Å². The highest BCUT2D eigenvalue weighted by Crippen LogP contribution is 2.14. The lowest BCUT2D eigenvalue weighted by atomic mass is 10.2. The Kier molecular flexibility index (Phi) is 5.80. The van der Waals surface area contributed by atoms with E-state index in [0.29, 0.717) is 5.02 Å². The fourth-order valence-corrected chi connectivity index (χ4v) is 2.20. The molecule has 1 amide bonds. The van der Waals surface area contributed by atoms with Gasteiger partial charge in [0.05, 0.1) is 0 Å². The van der Waals surface area contributed by atoms with Crippen molar-refractivity contribution in [2.45, 2.75) is 6.54 Å². The van der Waals surface area contributed by atoms with Crippen LogP contribution in [0.25, 0.3) is 0 Å². The summed E-state index contributed by atoms with van der Waals surface area (Å²) in [4.78, 5) is 21.7. The highest BCUT2D eigenvalue weighted by atomic mass is 35.5. The van der Waals surface area contributed by atoms with Crippen molar-refractivity contribution in [2.75, 3.05) is 11.5 Å². The molecule has 2 N–H and O–H groups in total. The predicted molar refractivity (Wildman–Crippen MR) is 68.8 cm³/mol. The molecule has 5 nitrogen and oxygen atoms in total. The Bertz CT molecular complexity index is 478. The minimum absolute atomic E-state index is 0.225. The van der Waals surface area contributed by atoms with Crippen LogP contribution in [0.5, 0.6) is 0 Å². The molecule has 0 aliphatic rings. The Morgan fingerprint density at radius 2 is 1.94 bits per heavy atom. The van der Waals surface area contributed by atoms with Crippen molar-refractivity contribution in [3.63, 3.8) is 0 Å². The number of aliphatic carboxylic acids is 1. The van der Waals surface area contributed by atoms with Gasteiger partial charge in [0.2, 0.25) is 5.91 Å². The third kappa shape index (κ3) is 5.29. The van der Waals surface area contributed by atoms with E-state index < -0.39 is 28.4 Å². The molecule has 7 heteroatoms. The summed E-state index contributed by atoms with van der Waals surface area (Å²) in [5.74, 6) is -2.50. The van der Waals surface area contributed by atoms with E-state index in [1.165, 1.54) is 0 Å². The molecule has 0 aliphatic heterocycles. The molecule has 1 rings (SSSR count). The minimum Gasteiger partial charge on any atom is -0.481 e. The summed E-state index contributed by atoms with van der Waals surface area (Å²) in [5.41, 5.74) is 0.747. The molecule has 98 valence electrons. The standard InChI is InChI=1S/C11H12ClNO4S/c12-9-4-2-1-3-8(9)5-13-10(14)6-18(17)7-11(15)16/h1-4H,5-7H2,(H,13,14)(H,15,16)/t18-/m1/s1. The smallest absolute Gasteiger partial charge is 0.316 e. The van der Waals surface area contributed by atoms with Gasteiger partial charge in [-0.25, -0.2) is 0 Å². The first-order valence-corrected chi connectivity index (χ1v) is 6.92. The number of carbonyl (C=O) groups excluding carboxylic acids is 1. The summed E-state index contributed by atoms with van der Waals surface area (Å²) in [6.07, 6.45) is 0. The monoisotopic (exact) mass is 289 g/mol. The first-order valence-electron chi connectivity index (χ1n) is 5.06. The Morgan fingerprint density at radius 1 is 1.28 bits per heavy atom. The van der Waals surface area contributed by atoms with Crippen molar-refractivity contribution in [1.82, 2.24) is 5.32 Å². The lowest BCUT2D eigenvalue weighted by Crippen LogP contribution is -2.29. The van der Waals surface area contributed by atoms with Crippen LogP contribution in [-0.4, -0.2) is 32.7 Å². The maximum Gasteiger partial charge on any atom is 0.316 e. The van der Waals surface area contributed by atoms with E-state index in [2.05, 4.69) is 5.32 Å². The first kappa shape index (κ1) is 14.7. The largest absolute Gasteiger partial charge is 0.481 e. The number of halogens is 1. The summed E-state index contributed by atoms with van der Waals surface area (Å²) >= 11 is 5.89. The van der Waals surface area contributed by atoms with Gasteiger partial charge in [0, 0.05) is 22.4 Å². The van der Waals surface area contributed by atoms with Gasteiger partial charge in [-0.15, -0.1) is 0 Å². The van der Waals surface area contributed by atoms with E-state index in [1.807, 2.05) is 0 Å². The van der Waals surface area contributed by atoms with Crippen LogP contribution in [0.4, 0.5) is 0 Å². The Morgan fingerprint density at radius 3 is 2.56 bits per heavy atom. The van der Waals surface area contributed by atoms with Crippen LogP contribution in [0.15, 0.2) is 24.3 Å². The van der Waals surface area contributed by atoms with Gasteiger partial charge in [-0.3, -0.25) is 13.8 Å². The van der Waals surface area contributed by atoms with Crippen LogP contribution in [-0.2, 0) is 26.9 Å². The zero-order valence-corrected chi connectivity index (χ0v) is 11.0. The number of rotatable bonds is 6. The lowest BCUT2D eigenvalue weighted by molar-refractivity contribution is -0.133. The van der Waals surface area contributed by atoms with E-state index in [-0.39, 0.29) is 12.3 Å². The molecule has 0 radical (unpaired) electrons. The molecule has 1 aromatic carbocycles. The fraction of sp³-hybridized carbons (Fsp3) is 0.273. The molecule has 1 aromatic rings. The average Bonchev–Trinajstić information content (AvgIpc) is 2.26. The molecule has 0 heterocycles. The van der Waals surface area contributed by atoms with Crippen molar-refractivity contribution in [3.8, 4) is 0 Å². The minimum atomic E-state index is -1.69. The van der Waals surface area contributed by atoms with E-state index in [0.717, 1.165) is 5.56 Å². The van der Waals surface area contributed by atoms with E-state index in [9.17, 15) is 13.8 Å². The molecule has 0 aromatic heterocycles. The summed E-state index contributed by atoms with van der Waals surface area (Å²) in [5, 5.41) is 11.5. The van der Waals surface area contributed by atoms with Gasteiger partial charge < -0.3 is 10.4 Å². The highest BCUT2D eigenvalue weighted by Gasteiger charge is 2.11. The molecule has 0 saturated heterocycles. The maximum atomic E-state index is 11.4. The molecular formula is C11H12ClNO4S. The normalized spacial score (nSPS) is 11.8. The van der Waals surface area contributed by atoms with Gasteiger partial charge >= 0.3 is 5.97 Å². The van der Waals surface area contributed by atoms with E-state index in [1.54, 1.807) is 24.3 Å². The number of carboxylic acid groups (broad SMARTS) is 1. The van der Waals surface area contributed by atoms with Crippen LogP contribution < -0.4 is 5.32 Å². The number of benzene rings is 1. The van der Waals surface area contributed by atoms with Crippen molar-refractivity contribution in [1.29, 1.82) is 0 Å². The second kappa shape index (κ2) is 7.13. The highest BCUT2D eigenvalue weighted by molar-refractivity contribution is 7.86. The van der Waals surface area contributed by atoms with Crippen LogP contribution in [0.1, 0.15) is 5.56 Å². The van der Waals surface area contributed by atoms with Crippen LogP contribution in [0.2, 0.25) is 5.02 Å². The van der Waals surface area contributed by atoms with Gasteiger partial charge in [-0.2, -0.15) is 0 Å². The first-order chi connectivity index (χ1) is 8.49. The molecule has 0 aliphatic carbocycles. The molecule has 0 fully saturated rings. The zero-order chi connectivity index (χ0) is 13.5. The summed E-state index contributed by atoms with van der Waals surface area (Å²) in [7, 11) is -1.69. The van der Waals surface area contributed by atoms with Crippen molar-refractivity contribution in [2.24, 2.45) is 0 Å². The molecule has 0 spiro atoms. The Balaban J connectivity index is 2.40. The number of hydrogen-bond donors (Lipinski definition) is 2. The van der Waals surface area contributed by atoms with Gasteiger partial charge in [0.25, 0.3) is 0 Å². The molecule has 0 unspecified atom stereocenters. The topological polar surface area (TPSA) is 83.5 Å². The van der Waals surface area contributed by atoms with Crippen LogP contribution >= 0.6 is 11.6 Å². The number of amides is 1. The zero-order valence-electron chi connectivity index (χ0n) is 9.39. The Hall–Kier alpha value is -1.40. The third-order valence-corrected chi connectivity index (χ3v) is 3.53. The van der Waals surface area contributed by atoms with Crippen molar-refractivity contribution >= 4 is 34.3 Å². The van der Waals surface area contributed by atoms with Gasteiger partial charge in [-0.1, -0.05) is 29.8 Å². The van der Waals surface area contributed by atoms with Gasteiger partial charge in [0.15, 0.2) is 0 Å². The van der Waals surface area contributed by atoms with E-state index >= 15 is 0 Å². The maximum absolute atomic E-state index is 11.4. The third-order valence-electron chi connectivity index (χ3n) is 2.01. The lowest BCUT2D eigenvalue weighted by Gasteiger charge is -2.06. The van der Waals surface area contributed by atoms with E-state index in [4.69, 9.17) is 16.7 Å². The molecule has 18 heavy (non-hydrogen) atoms.